The van der Waals surface area contributed by atoms with E-state index in [2.05, 4.69) is 40.2 Å². The van der Waals surface area contributed by atoms with E-state index < -0.39 is 0 Å². The van der Waals surface area contributed by atoms with E-state index >= 15 is 0 Å². The average molecular weight is 491 g/mol. The Hall–Kier alpha value is -4.29. The Kier molecular flexibility index (Phi) is 5.79. The lowest BCUT2D eigenvalue weighted by Crippen LogP contribution is -2.17. The van der Waals surface area contributed by atoms with Crippen molar-refractivity contribution in [3.63, 3.8) is 0 Å². The van der Waals surface area contributed by atoms with E-state index in [9.17, 15) is 9.59 Å². The molecule has 2 heterocycles. The highest BCUT2D eigenvalue weighted by Gasteiger charge is 2.25. The monoisotopic (exact) mass is 490 g/mol. The number of amides is 2. The Labute approximate surface area is 212 Å². The molecular formula is C30H22N2O3S. The van der Waals surface area contributed by atoms with Crippen molar-refractivity contribution in [1.82, 2.24) is 9.88 Å². The maximum atomic E-state index is 12.2. The van der Waals surface area contributed by atoms with Crippen LogP contribution in [0.15, 0.2) is 102 Å². The number of carbonyl (C=O) groups is 2. The quantitative estimate of drug-likeness (QED) is 0.268. The van der Waals surface area contributed by atoms with Gasteiger partial charge in [0.05, 0.1) is 4.91 Å². The third kappa shape index (κ3) is 4.51. The number of hydrogen-bond donors (Lipinski definition) is 1. The molecule has 1 N–H and O–H groups in total. The summed E-state index contributed by atoms with van der Waals surface area (Å²) < 4.78 is 8.21. The second-order valence-corrected chi connectivity index (χ2v) is 9.70. The molecule has 0 saturated carbocycles. The molecule has 6 rings (SSSR count). The van der Waals surface area contributed by atoms with Crippen molar-refractivity contribution >= 4 is 50.7 Å². The number of imide groups is 1. The lowest BCUT2D eigenvalue weighted by molar-refractivity contribution is -0.115. The van der Waals surface area contributed by atoms with Crippen molar-refractivity contribution in [2.45, 2.75) is 13.2 Å². The van der Waals surface area contributed by atoms with E-state index in [-0.39, 0.29) is 11.1 Å². The molecule has 0 radical (unpaired) electrons. The second kappa shape index (κ2) is 9.40. The zero-order chi connectivity index (χ0) is 24.5. The van der Waals surface area contributed by atoms with Gasteiger partial charge in [-0.25, -0.2) is 0 Å². The summed E-state index contributed by atoms with van der Waals surface area (Å²) in [6.07, 6.45) is 1.79. The predicted octanol–water partition coefficient (Wildman–Crippen LogP) is 6.75. The largest absolute Gasteiger partial charge is 0.489 e. The first kappa shape index (κ1) is 22.2. The van der Waals surface area contributed by atoms with Crippen LogP contribution in [-0.2, 0) is 17.9 Å². The molecule has 0 bridgehead atoms. The number of nitrogens with zero attached hydrogens (tertiary/aromatic N) is 1. The van der Waals surface area contributed by atoms with Gasteiger partial charge in [-0.2, -0.15) is 0 Å². The zero-order valence-corrected chi connectivity index (χ0v) is 20.1. The summed E-state index contributed by atoms with van der Waals surface area (Å²) in [7, 11) is 0. The van der Waals surface area contributed by atoms with Crippen LogP contribution in [0.3, 0.4) is 0 Å². The molecule has 0 spiro atoms. The maximum absolute atomic E-state index is 12.2. The highest BCUT2D eigenvalue weighted by Crippen LogP contribution is 2.31. The van der Waals surface area contributed by atoms with Gasteiger partial charge in [0.2, 0.25) is 0 Å². The number of aromatic nitrogens is 1. The fraction of sp³-hybridized carbons (Fsp3) is 0.0667. The predicted molar refractivity (Wildman–Crippen MR) is 145 cm³/mol. The van der Waals surface area contributed by atoms with Crippen LogP contribution < -0.4 is 10.1 Å². The summed E-state index contributed by atoms with van der Waals surface area (Å²) >= 11 is 0.928. The van der Waals surface area contributed by atoms with Crippen LogP contribution in [-0.4, -0.2) is 15.7 Å². The first-order chi connectivity index (χ1) is 17.6. The highest BCUT2D eigenvalue weighted by molar-refractivity contribution is 8.18. The van der Waals surface area contributed by atoms with Crippen LogP contribution >= 0.6 is 11.8 Å². The summed E-state index contributed by atoms with van der Waals surface area (Å²) in [4.78, 5) is 24.4. The lowest BCUT2D eigenvalue weighted by atomic mass is 10.1. The minimum absolute atomic E-state index is 0.347. The first-order valence-electron chi connectivity index (χ1n) is 11.6. The van der Waals surface area contributed by atoms with Crippen LogP contribution in [0.4, 0.5) is 4.79 Å². The number of rotatable bonds is 6. The molecule has 0 unspecified atom stereocenters. The van der Waals surface area contributed by atoms with Crippen LogP contribution in [0.25, 0.3) is 27.8 Å². The Morgan fingerprint density at radius 1 is 0.778 bits per heavy atom. The van der Waals surface area contributed by atoms with Crippen molar-refractivity contribution in [1.29, 1.82) is 0 Å². The molecule has 5 aromatic rings. The van der Waals surface area contributed by atoms with E-state index in [1.54, 1.807) is 6.08 Å². The molecule has 2 amide bonds. The summed E-state index contributed by atoms with van der Waals surface area (Å²) in [6.45, 7) is 1.11. The maximum Gasteiger partial charge on any atom is 0.290 e. The average Bonchev–Trinajstić information content (AvgIpc) is 3.40. The molecule has 36 heavy (non-hydrogen) atoms. The van der Waals surface area contributed by atoms with E-state index in [0.29, 0.717) is 18.1 Å². The van der Waals surface area contributed by atoms with Gasteiger partial charge in [-0.3, -0.25) is 14.9 Å². The topological polar surface area (TPSA) is 60.3 Å². The molecule has 5 nitrogen and oxygen atoms in total. The molecule has 1 saturated heterocycles. The SMILES string of the molecule is O=C1NC(=O)C(=Cc2cc3cc(OCc4ccccc4)ccc3n2Cc2ccc3ccccc3c2)S1. The molecule has 1 fully saturated rings. The number of carbonyl (C=O) groups excluding carboxylic acids is 2. The Balaban J connectivity index is 1.38. The van der Waals surface area contributed by atoms with E-state index in [1.165, 1.54) is 10.8 Å². The fourth-order valence-corrected chi connectivity index (χ4v) is 5.14. The Morgan fingerprint density at radius 3 is 2.39 bits per heavy atom. The van der Waals surface area contributed by atoms with Gasteiger partial charge in [0.1, 0.15) is 12.4 Å². The number of fused-ring (bicyclic) bond motifs is 2. The van der Waals surface area contributed by atoms with Crippen LogP contribution in [0.2, 0.25) is 0 Å². The first-order valence-corrected chi connectivity index (χ1v) is 12.5. The third-order valence-electron chi connectivity index (χ3n) is 6.23. The van der Waals surface area contributed by atoms with Gasteiger partial charge in [-0.05, 0) is 70.1 Å². The van der Waals surface area contributed by atoms with Crippen molar-refractivity contribution in [3.05, 3.63) is 119 Å². The molecule has 0 atom stereocenters. The molecule has 176 valence electrons. The minimum atomic E-state index is -0.362. The van der Waals surface area contributed by atoms with E-state index in [0.717, 1.165) is 45.2 Å². The zero-order valence-electron chi connectivity index (χ0n) is 19.3. The van der Waals surface area contributed by atoms with E-state index in [4.69, 9.17) is 4.74 Å². The van der Waals surface area contributed by atoms with Crippen molar-refractivity contribution in [2.24, 2.45) is 0 Å². The van der Waals surface area contributed by atoms with Gasteiger partial charge in [0, 0.05) is 23.1 Å². The molecule has 0 aliphatic carbocycles. The molecule has 6 heteroatoms. The van der Waals surface area contributed by atoms with Crippen LogP contribution in [0.5, 0.6) is 5.75 Å². The summed E-state index contributed by atoms with van der Waals surface area (Å²) in [5, 5.41) is 5.37. The van der Waals surface area contributed by atoms with Gasteiger partial charge < -0.3 is 9.30 Å². The van der Waals surface area contributed by atoms with Crippen molar-refractivity contribution < 1.29 is 14.3 Å². The number of thioether (sulfide) groups is 1. The van der Waals surface area contributed by atoms with Gasteiger partial charge in [-0.1, -0.05) is 66.7 Å². The molecule has 1 aliphatic rings. The number of nitrogens with one attached hydrogen (secondary N) is 1. The normalized spacial score (nSPS) is 14.6. The van der Waals surface area contributed by atoms with E-state index in [1.807, 2.05) is 66.7 Å². The van der Waals surface area contributed by atoms with Gasteiger partial charge in [-0.15, -0.1) is 0 Å². The van der Waals surface area contributed by atoms with Gasteiger partial charge in [0.25, 0.3) is 11.1 Å². The van der Waals surface area contributed by atoms with Crippen LogP contribution in [0, 0.1) is 0 Å². The number of hydrogen-bond acceptors (Lipinski definition) is 4. The Morgan fingerprint density at radius 2 is 1.58 bits per heavy atom. The number of benzene rings is 4. The minimum Gasteiger partial charge on any atom is -0.489 e. The second-order valence-electron chi connectivity index (χ2n) is 8.68. The van der Waals surface area contributed by atoms with Crippen molar-refractivity contribution in [2.75, 3.05) is 0 Å². The summed E-state index contributed by atoms with van der Waals surface area (Å²) in [6, 6.07) is 32.9. The van der Waals surface area contributed by atoms with Crippen molar-refractivity contribution in [3.8, 4) is 5.75 Å². The third-order valence-corrected chi connectivity index (χ3v) is 7.04. The van der Waals surface area contributed by atoms with Gasteiger partial charge >= 0.3 is 0 Å². The fourth-order valence-electron chi connectivity index (χ4n) is 4.47. The highest BCUT2D eigenvalue weighted by atomic mass is 32.2. The summed E-state index contributed by atoms with van der Waals surface area (Å²) in [5.74, 6) is 0.413. The molecule has 1 aliphatic heterocycles. The molecule has 1 aromatic heterocycles. The molecule has 4 aromatic carbocycles. The Bertz CT molecular complexity index is 1650. The number of ether oxygens (including phenoxy) is 1. The van der Waals surface area contributed by atoms with Crippen LogP contribution in [0.1, 0.15) is 16.8 Å². The molecular weight excluding hydrogens is 468 g/mol. The van der Waals surface area contributed by atoms with Gasteiger partial charge in [0.15, 0.2) is 0 Å². The smallest absolute Gasteiger partial charge is 0.290 e. The lowest BCUT2D eigenvalue weighted by Gasteiger charge is -2.11. The summed E-state index contributed by atoms with van der Waals surface area (Å²) in [5.41, 5.74) is 4.13. The standard InChI is InChI=1S/C30H22N2O3S/c33-29-28(36-30(34)31-29)17-25-15-24-16-26(35-19-20-6-2-1-3-7-20)12-13-27(24)32(25)18-21-10-11-22-8-4-5-9-23(22)14-21/h1-17H,18-19H2,(H,31,33,34).